The number of carbonyl (C=O) groups excluding carboxylic acids is 1. The van der Waals surface area contributed by atoms with Crippen molar-refractivity contribution in [3.8, 4) is 0 Å². The summed E-state index contributed by atoms with van der Waals surface area (Å²) < 4.78 is 4.41. The van der Waals surface area contributed by atoms with Gasteiger partial charge in [-0.2, -0.15) is 0 Å². The van der Waals surface area contributed by atoms with Crippen molar-refractivity contribution in [2.75, 3.05) is 5.73 Å². The van der Waals surface area contributed by atoms with Gasteiger partial charge < -0.3 is 11.1 Å². The number of benzene rings is 1. The van der Waals surface area contributed by atoms with Gasteiger partial charge in [-0.25, -0.2) is 14.1 Å². The third kappa shape index (κ3) is 3.17. The quantitative estimate of drug-likeness (QED) is 0.688. The van der Waals surface area contributed by atoms with Gasteiger partial charge in [0, 0.05) is 6.20 Å². The van der Waals surface area contributed by atoms with Crippen LogP contribution >= 0.6 is 11.6 Å². The normalized spacial score (nSPS) is 11.0. The van der Waals surface area contributed by atoms with Crippen LogP contribution < -0.4 is 15.6 Å². The smallest absolute Gasteiger partial charge is 0.277 e. The number of anilines is 1. The first-order valence-electron chi connectivity index (χ1n) is 8.26. The second kappa shape index (κ2) is 7.11. The topological polar surface area (TPSA) is 76.8 Å². The molecule has 0 aliphatic rings. The highest BCUT2D eigenvalue weighted by molar-refractivity contribution is 6.31. The molecule has 7 heteroatoms. The van der Waals surface area contributed by atoms with Crippen molar-refractivity contribution in [3.05, 3.63) is 52.9 Å². The highest BCUT2D eigenvalue weighted by Gasteiger charge is 2.23. The molecule has 0 bridgehead atoms. The highest BCUT2D eigenvalue weighted by Crippen LogP contribution is 2.16. The van der Waals surface area contributed by atoms with E-state index in [0.29, 0.717) is 11.6 Å². The zero-order valence-electron chi connectivity index (χ0n) is 14.3. The lowest BCUT2D eigenvalue weighted by Gasteiger charge is -2.07. The number of amides is 1. The van der Waals surface area contributed by atoms with Gasteiger partial charge in [-0.3, -0.25) is 4.79 Å². The number of carbonyl (C=O) groups is 1. The fraction of sp³-hybridized carbons (Fsp3) is 0.278. The lowest BCUT2D eigenvalue weighted by Crippen LogP contribution is -2.40. The number of nitrogens with zero attached hydrogens (tertiary/aromatic N) is 3. The number of para-hydroxylation sites is 2. The standard InChI is InChI=1S/C18H20ClN5O/c1-3-23-14-7-5-6-8-15(14)24(4-2)16(23)11-22-18(25)13-9-12(19)10-21-17(13)20/h5-10H,3-4,11H2,1-2H3,(H2-,20,21,22,25)/p+1. The largest absolute Gasteiger partial charge is 0.383 e. The minimum atomic E-state index is -0.289. The van der Waals surface area contributed by atoms with Crippen LogP contribution in [0, 0.1) is 0 Å². The number of aromatic nitrogens is 3. The molecule has 0 fully saturated rings. The second-order valence-corrected chi connectivity index (χ2v) is 6.10. The Bertz CT molecular complexity index is 894. The zero-order valence-corrected chi connectivity index (χ0v) is 15.0. The Morgan fingerprint density at radius 1 is 1.36 bits per heavy atom. The second-order valence-electron chi connectivity index (χ2n) is 5.66. The van der Waals surface area contributed by atoms with Gasteiger partial charge in [0.2, 0.25) is 0 Å². The van der Waals surface area contributed by atoms with Gasteiger partial charge in [0.25, 0.3) is 11.7 Å². The number of hydrogen-bond donors (Lipinski definition) is 2. The number of pyridine rings is 1. The van der Waals surface area contributed by atoms with Crippen LogP contribution in [0.2, 0.25) is 5.02 Å². The molecule has 2 heterocycles. The number of nitrogens with two attached hydrogens (primary N) is 1. The third-order valence-corrected chi connectivity index (χ3v) is 4.46. The van der Waals surface area contributed by atoms with Gasteiger partial charge in [0.1, 0.15) is 12.4 Å². The highest BCUT2D eigenvalue weighted by atomic mass is 35.5. The fourth-order valence-corrected chi connectivity index (χ4v) is 3.29. The molecule has 0 atom stereocenters. The van der Waals surface area contributed by atoms with E-state index in [1.54, 1.807) is 0 Å². The number of halogens is 1. The molecule has 1 amide bonds. The summed E-state index contributed by atoms with van der Waals surface area (Å²) in [5.74, 6) is 0.914. The number of aryl methyl sites for hydroxylation is 2. The molecule has 0 unspecified atom stereocenters. The number of hydrogen-bond acceptors (Lipinski definition) is 3. The van der Waals surface area contributed by atoms with E-state index in [9.17, 15) is 4.79 Å². The van der Waals surface area contributed by atoms with E-state index >= 15 is 0 Å². The summed E-state index contributed by atoms with van der Waals surface area (Å²) in [6.07, 6.45) is 1.42. The number of rotatable bonds is 5. The van der Waals surface area contributed by atoms with Crippen LogP contribution in [0.3, 0.4) is 0 Å². The molecule has 130 valence electrons. The maximum atomic E-state index is 12.5. The summed E-state index contributed by atoms with van der Waals surface area (Å²) in [5.41, 5.74) is 8.38. The van der Waals surface area contributed by atoms with Gasteiger partial charge >= 0.3 is 0 Å². The van der Waals surface area contributed by atoms with Gasteiger partial charge in [-0.05, 0) is 32.0 Å². The van der Waals surface area contributed by atoms with E-state index in [1.807, 2.05) is 12.1 Å². The number of nitrogens with one attached hydrogen (secondary N) is 1. The van der Waals surface area contributed by atoms with Gasteiger partial charge in [-0.1, -0.05) is 23.7 Å². The summed E-state index contributed by atoms with van der Waals surface area (Å²) in [6.45, 7) is 6.22. The molecule has 3 N–H and O–H groups in total. The first kappa shape index (κ1) is 17.2. The summed E-state index contributed by atoms with van der Waals surface area (Å²) in [5, 5.41) is 3.31. The van der Waals surface area contributed by atoms with E-state index in [4.69, 9.17) is 17.3 Å². The van der Waals surface area contributed by atoms with Gasteiger partial charge in [-0.15, -0.1) is 0 Å². The maximum Gasteiger partial charge on any atom is 0.277 e. The van der Waals surface area contributed by atoms with Crippen LogP contribution in [0.5, 0.6) is 0 Å². The minimum Gasteiger partial charge on any atom is -0.383 e. The van der Waals surface area contributed by atoms with Crippen LogP contribution in [0.25, 0.3) is 11.0 Å². The summed E-state index contributed by atoms with van der Waals surface area (Å²) >= 11 is 5.92. The lowest BCUT2D eigenvalue weighted by atomic mass is 10.2. The zero-order chi connectivity index (χ0) is 18.0. The molecular formula is C18H21ClN5O+. The van der Waals surface area contributed by atoms with Crippen molar-refractivity contribution in [3.63, 3.8) is 0 Å². The number of imidazole rings is 1. The van der Waals surface area contributed by atoms with Crippen molar-refractivity contribution in [1.82, 2.24) is 14.9 Å². The molecule has 0 spiro atoms. The van der Waals surface area contributed by atoms with Crippen molar-refractivity contribution >= 4 is 34.4 Å². The van der Waals surface area contributed by atoms with E-state index in [1.165, 1.54) is 12.3 Å². The van der Waals surface area contributed by atoms with Crippen LogP contribution in [0.4, 0.5) is 5.82 Å². The van der Waals surface area contributed by atoms with E-state index in [0.717, 1.165) is 29.9 Å². The predicted octanol–water partition coefficient (Wildman–Crippen LogP) is 2.53. The van der Waals surface area contributed by atoms with E-state index in [-0.39, 0.29) is 17.3 Å². The molecular weight excluding hydrogens is 338 g/mol. The average molecular weight is 359 g/mol. The molecule has 3 rings (SSSR count). The van der Waals surface area contributed by atoms with Crippen LogP contribution in [-0.4, -0.2) is 15.5 Å². The molecule has 0 saturated heterocycles. The van der Waals surface area contributed by atoms with E-state index < -0.39 is 0 Å². The summed E-state index contributed by atoms with van der Waals surface area (Å²) in [4.78, 5) is 16.4. The molecule has 0 radical (unpaired) electrons. The molecule has 0 saturated carbocycles. The lowest BCUT2D eigenvalue weighted by molar-refractivity contribution is -0.676. The molecule has 25 heavy (non-hydrogen) atoms. The monoisotopic (exact) mass is 358 g/mol. The van der Waals surface area contributed by atoms with Crippen molar-refractivity contribution in [1.29, 1.82) is 0 Å². The van der Waals surface area contributed by atoms with Crippen molar-refractivity contribution in [2.45, 2.75) is 33.5 Å². The third-order valence-electron chi connectivity index (χ3n) is 4.26. The molecule has 6 nitrogen and oxygen atoms in total. The average Bonchev–Trinajstić information content (AvgIpc) is 2.94. The molecule has 0 aliphatic carbocycles. The van der Waals surface area contributed by atoms with Crippen LogP contribution in [0.1, 0.15) is 30.0 Å². The minimum absolute atomic E-state index is 0.168. The molecule has 0 aliphatic heterocycles. The molecule has 1 aromatic carbocycles. The Kier molecular flexibility index (Phi) is 4.90. The Balaban J connectivity index is 1.93. The van der Waals surface area contributed by atoms with E-state index in [2.05, 4.69) is 45.4 Å². The molecule has 2 aromatic heterocycles. The Hall–Kier alpha value is -2.60. The van der Waals surface area contributed by atoms with Crippen molar-refractivity contribution in [2.24, 2.45) is 0 Å². The fourth-order valence-electron chi connectivity index (χ4n) is 3.13. The summed E-state index contributed by atoms with van der Waals surface area (Å²) in [7, 11) is 0. The summed E-state index contributed by atoms with van der Waals surface area (Å²) in [6, 6.07) is 9.76. The maximum absolute atomic E-state index is 12.5. The Morgan fingerprint density at radius 3 is 2.84 bits per heavy atom. The number of nitrogen functional groups attached to an aromatic ring is 1. The molecule has 3 aromatic rings. The van der Waals surface area contributed by atoms with Gasteiger partial charge in [0.15, 0.2) is 11.0 Å². The van der Waals surface area contributed by atoms with Crippen LogP contribution in [0.15, 0.2) is 36.5 Å². The number of fused-ring (bicyclic) bond motifs is 1. The predicted molar refractivity (Wildman–Crippen MR) is 98.3 cm³/mol. The Labute approximate surface area is 151 Å². The first-order valence-corrected chi connectivity index (χ1v) is 8.63. The van der Waals surface area contributed by atoms with Crippen molar-refractivity contribution < 1.29 is 9.36 Å². The SMILES string of the molecule is CCn1c(CNC(=O)c2cc(Cl)cnc2N)[n+](CC)c2ccccc21. The Morgan fingerprint density at radius 2 is 2.12 bits per heavy atom. The van der Waals surface area contributed by atoms with Gasteiger partial charge in [0.05, 0.1) is 23.7 Å². The van der Waals surface area contributed by atoms with Crippen LogP contribution in [-0.2, 0) is 19.6 Å². The first-order chi connectivity index (χ1) is 12.1.